The summed E-state index contributed by atoms with van der Waals surface area (Å²) in [5, 5.41) is 27.5. The number of aromatic nitrogens is 3. The van der Waals surface area contributed by atoms with Gasteiger partial charge in [0.25, 0.3) is 0 Å². The predicted molar refractivity (Wildman–Crippen MR) is 86.1 cm³/mol. The highest BCUT2D eigenvalue weighted by atomic mass is 35.5. The number of hydrogen-bond acceptors (Lipinski definition) is 5. The Morgan fingerprint density at radius 3 is 2.64 bits per heavy atom. The summed E-state index contributed by atoms with van der Waals surface area (Å²) in [5.74, 6) is 1.20. The smallest absolute Gasteiger partial charge is 0.191 e. The first-order valence-corrected chi connectivity index (χ1v) is 8.06. The number of halogens is 1. The third-order valence-corrected chi connectivity index (χ3v) is 4.57. The second kappa shape index (κ2) is 7.84. The van der Waals surface area contributed by atoms with Crippen LogP contribution in [0.2, 0.25) is 5.02 Å². The van der Waals surface area contributed by atoms with Crippen LogP contribution < -0.4 is 0 Å². The Bertz CT molecular complexity index is 711. The molecular formula is C15H14ClN5S. The van der Waals surface area contributed by atoms with E-state index < -0.39 is 0 Å². The van der Waals surface area contributed by atoms with Gasteiger partial charge in [-0.3, -0.25) is 0 Å². The highest BCUT2D eigenvalue weighted by Gasteiger charge is 2.14. The third kappa shape index (κ3) is 4.00. The SMILES string of the molecule is Cn1c(SC[C@H](C#N)CCC#N)nnc1-c1ccc(Cl)cc1. The van der Waals surface area contributed by atoms with Gasteiger partial charge >= 0.3 is 0 Å². The summed E-state index contributed by atoms with van der Waals surface area (Å²) in [5.41, 5.74) is 0.938. The highest BCUT2D eigenvalue weighted by Crippen LogP contribution is 2.25. The topological polar surface area (TPSA) is 78.3 Å². The minimum atomic E-state index is -0.152. The zero-order chi connectivity index (χ0) is 15.9. The van der Waals surface area contributed by atoms with Crippen molar-refractivity contribution in [3.63, 3.8) is 0 Å². The van der Waals surface area contributed by atoms with Crippen LogP contribution in [-0.2, 0) is 7.05 Å². The second-order valence-corrected chi connectivity index (χ2v) is 6.13. The molecule has 0 saturated carbocycles. The van der Waals surface area contributed by atoms with Crippen LogP contribution in [0.1, 0.15) is 12.8 Å². The van der Waals surface area contributed by atoms with Crippen molar-refractivity contribution in [1.29, 1.82) is 10.5 Å². The molecule has 0 unspecified atom stereocenters. The molecule has 0 aliphatic heterocycles. The Kier molecular flexibility index (Phi) is 5.83. The van der Waals surface area contributed by atoms with Gasteiger partial charge in [0.1, 0.15) is 0 Å². The molecular weight excluding hydrogens is 318 g/mol. The van der Waals surface area contributed by atoms with E-state index in [-0.39, 0.29) is 5.92 Å². The van der Waals surface area contributed by atoms with Gasteiger partial charge in [0, 0.05) is 29.8 Å². The van der Waals surface area contributed by atoms with Gasteiger partial charge in [0.05, 0.1) is 18.1 Å². The van der Waals surface area contributed by atoms with Crippen molar-refractivity contribution in [3.05, 3.63) is 29.3 Å². The molecule has 1 heterocycles. The van der Waals surface area contributed by atoms with E-state index in [0.29, 0.717) is 23.6 Å². The normalized spacial score (nSPS) is 11.6. The molecule has 22 heavy (non-hydrogen) atoms. The Morgan fingerprint density at radius 1 is 1.27 bits per heavy atom. The number of thioether (sulfide) groups is 1. The Morgan fingerprint density at radius 2 is 2.00 bits per heavy atom. The molecule has 0 spiro atoms. The van der Waals surface area contributed by atoms with Crippen LogP contribution in [0.3, 0.4) is 0 Å². The van der Waals surface area contributed by atoms with Gasteiger partial charge in [-0.1, -0.05) is 23.4 Å². The minimum absolute atomic E-state index is 0.152. The van der Waals surface area contributed by atoms with Gasteiger partial charge in [0.15, 0.2) is 11.0 Å². The summed E-state index contributed by atoms with van der Waals surface area (Å²) in [7, 11) is 1.89. The quantitative estimate of drug-likeness (QED) is 0.754. The van der Waals surface area contributed by atoms with Crippen LogP contribution in [0.25, 0.3) is 11.4 Å². The predicted octanol–water partition coefficient (Wildman–Crippen LogP) is 3.67. The number of rotatable bonds is 6. The molecule has 1 aromatic heterocycles. The zero-order valence-electron chi connectivity index (χ0n) is 12.0. The fraction of sp³-hybridized carbons (Fsp3) is 0.333. The summed E-state index contributed by atoms with van der Waals surface area (Å²) >= 11 is 7.37. The van der Waals surface area contributed by atoms with Crippen molar-refractivity contribution >= 4 is 23.4 Å². The van der Waals surface area contributed by atoms with E-state index >= 15 is 0 Å². The minimum Gasteiger partial charge on any atom is -0.305 e. The Hall–Kier alpha value is -2.02. The molecule has 5 nitrogen and oxygen atoms in total. The fourth-order valence-electron chi connectivity index (χ4n) is 1.89. The first-order valence-electron chi connectivity index (χ1n) is 6.70. The van der Waals surface area contributed by atoms with E-state index in [1.54, 1.807) is 0 Å². The van der Waals surface area contributed by atoms with E-state index in [1.807, 2.05) is 35.9 Å². The van der Waals surface area contributed by atoms with Gasteiger partial charge in [-0.15, -0.1) is 10.2 Å². The van der Waals surface area contributed by atoms with Crippen molar-refractivity contribution in [2.75, 3.05) is 5.75 Å². The lowest BCUT2D eigenvalue weighted by atomic mass is 10.1. The van der Waals surface area contributed by atoms with Gasteiger partial charge in [-0.25, -0.2) is 0 Å². The summed E-state index contributed by atoms with van der Waals surface area (Å²) in [6.07, 6.45) is 0.982. The average molecular weight is 332 g/mol. The summed E-state index contributed by atoms with van der Waals surface area (Å²) < 4.78 is 1.90. The molecule has 1 atom stereocenters. The zero-order valence-corrected chi connectivity index (χ0v) is 13.6. The molecule has 2 aromatic rings. The van der Waals surface area contributed by atoms with Crippen LogP contribution in [-0.4, -0.2) is 20.5 Å². The van der Waals surface area contributed by atoms with E-state index in [9.17, 15) is 0 Å². The molecule has 0 radical (unpaired) electrons. The van der Waals surface area contributed by atoms with Crippen molar-refractivity contribution < 1.29 is 0 Å². The van der Waals surface area contributed by atoms with Gasteiger partial charge < -0.3 is 4.57 Å². The van der Waals surface area contributed by atoms with E-state index in [1.165, 1.54) is 11.8 Å². The van der Waals surface area contributed by atoms with Crippen LogP contribution >= 0.6 is 23.4 Å². The van der Waals surface area contributed by atoms with Gasteiger partial charge in [-0.05, 0) is 30.7 Å². The van der Waals surface area contributed by atoms with Crippen molar-refractivity contribution in [3.8, 4) is 23.5 Å². The molecule has 0 N–H and O–H groups in total. The third-order valence-electron chi connectivity index (χ3n) is 3.14. The highest BCUT2D eigenvalue weighted by molar-refractivity contribution is 7.99. The standard InChI is InChI=1S/C15H14ClN5S/c1-21-14(12-4-6-13(16)7-5-12)19-20-15(21)22-10-11(9-18)3-2-8-17/h4-7,11H,2-3,10H2,1H3/t11-/m0/s1. The lowest BCUT2D eigenvalue weighted by molar-refractivity contribution is 0.682. The largest absolute Gasteiger partial charge is 0.305 e. The molecule has 2 rings (SSSR count). The summed E-state index contributed by atoms with van der Waals surface area (Å²) in [6.45, 7) is 0. The van der Waals surface area contributed by atoms with E-state index in [4.69, 9.17) is 22.1 Å². The molecule has 112 valence electrons. The summed E-state index contributed by atoms with van der Waals surface area (Å²) in [6, 6.07) is 11.7. The molecule has 7 heteroatoms. The number of hydrogen-bond donors (Lipinski definition) is 0. The maximum Gasteiger partial charge on any atom is 0.191 e. The number of benzene rings is 1. The summed E-state index contributed by atoms with van der Waals surface area (Å²) in [4.78, 5) is 0. The number of nitrogens with zero attached hydrogens (tertiary/aromatic N) is 5. The molecule has 0 aliphatic carbocycles. The maximum absolute atomic E-state index is 9.08. The van der Waals surface area contributed by atoms with Gasteiger partial charge in [0.2, 0.25) is 0 Å². The molecule has 0 fully saturated rings. The lowest BCUT2D eigenvalue weighted by Crippen LogP contribution is -2.02. The Labute approximate surface area is 138 Å². The van der Waals surface area contributed by atoms with Crippen molar-refractivity contribution in [1.82, 2.24) is 14.8 Å². The first-order chi connectivity index (χ1) is 10.7. The van der Waals surface area contributed by atoms with Crippen molar-refractivity contribution in [2.24, 2.45) is 13.0 Å². The van der Waals surface area contributed by atoms with Crippen LogP contribution in [0.4, 0.5) is 0 Å². The van der Waals surface area contributed by atoms with Crippen molar-refractivity contribution in [2.45, 2.75) is 18.0 Å². The fourth-order valence-corrected chi connectivity index (χ4v) is 2.99. The van der Waals surface area contributed by atoms with Crippen LogP contribution in [0.15, 0.2) is 29.4 Å². The first kappa shape index (κ1) is 16.4. The number of nitriles is 2. The maximum atomic E-state index is 9.08. The monoisotopic (exact) mass is 331 g/mol. The Balaban J connectivity index is 2.07. The average Bonchev–Trinajstić information content (AvgIpc) is 2.89. The van der Waals surface area contributed by atoms with Crippen LogP contribution in [0.5, 0.6) is 0 Å². The second-order valence-electron chi connectivity index (χ2n) is 4.71. The van der Waals surface area contributed by atoms with E-state index in [0.717, 1.165) is 16.5 Å². The lowest BCUT2D eigenvalue weighted by Gasteiger charge is -2.06. The van der Waals surface area contributed by atoms with Crippen LogP contribution in [0, 0.1) is 28.6 Å². The molecule has 0 bridgehead atoms. The molecule has 0 saturated heterocycles. The van der Waals surface area contributed by atoms with E-state index in [2.05, 4.69) is 22.3 Å². The van der Waals surface area contributed by atoms with Gasteiger partial charge in [-0.2, -0.15) is 10.5 Å². The molecule has 0 amide bonds. The molecule has 1 aromatic carbocycles. The molecule has 0 aliphatic rings.